The van der Waals surface area contributed by atoms with Crippen molar-refractivity contribution < 1.29 is 24.4 Å². The third-order valence-corrected chi connectivity index (χ3v) is 2.36. The molecule has 5 nitrogen and oxygen atoms in total. The summed E-state index contributed by atoms with van der Waals surface area (Å²) in [5.74, 6) is 0. The fraction of sp³-hybridized carbons (Fsp3) is 0.714. The molecule has 0 aromatic heterocycles. The van der Waals surface area contributed by atoms with E-state index in [0.717, 1.165) is 0 Å². The molecule has 0 fully saturated rings. The maximum absolute atomic E-state index is 8.72. The lowest BCUT2D eigenvalue weighted by Gasteiger charge is -2.19. The molecule has 0 heterocycles. The number of ether oxygens (including phenoxy) is 3. The summed E-state index contributed by atoms with van der Waals surface area (Å²) >= 11 is 0. The van der Waals surface area contributed by atoms with Gasteiger partial charge in [-0.3, -0.25) is 0 Å². The lowest BCUT2D eigenvalue weighted by molar-refractivity contribution is -0.0636. The average Bonchev–Trinajstić information content (AvgIpc) is 2.42. The van der Waals surface area contributed by atoms with Gasteiger partial charge in [0.05, 0.1) is 51.8 Å². The van der Waals surface area contributed by atoms with E-state index in [2.05, 4.69) is 13.2 Å². The SMILES string of the molecule is C=CCC(COCC(CC=C)OCCO)OCCO. The number of aliphatic hydroxyl groups excluding tert-OH is 2. The third-order valence-electron chi connectivity index (χ3n) is 2.36. The van der Waals surface area contributed by atoms with Gasteiger partial charge in [0.1, 0.15) is 0 Å². The Bertz CT molecular complexity index is 198. The second-order valence-electron chi connectivity index (χ2n) is 4.02. The predicted molar refractivity (Wildman–Crippen MR) is 74.1 cm³/mol. The van der Waals surface area contributed by atoms with E-state index in [0.29, 0.717) is 39.3 Å². The molecule has 19 heavy (non-hydrogen) atoms. The van der Waals surface area contributed by atoms with Gasteiger partial charge in [-0.05, 0) is 12.8 Å². The zero-order chi connectivity index (χ0) is 14.3. The van der Waals surface area contributed by atoms with Crippen LogP contribution in [0.25, 0.3) is 0 Å². The summed E-state index contributed by atoms with van der Waals surface area (Å²) in [6.07, 6.45) is 4.65. The Morgan fingerprint density at radius 3 is 1.58 bits per heavy atom. The summed E-state index contributed by atoms with van der Waals surface area (Å²) in [6.45, 7) is 8.72. The van der Waals surface area contributed by atoms with E-state index in [4.69, 9.17) is 24.4 Å². The highest BCUT2D eigenvalue weighted by atomic mass is 16.6. The Morgan fingerprint density at radius 2 is 1.26 bits per heavy atom. The Balaban J connectivity index is 3.89. The molecule has 0 rings (SSSR count). The molecule has 2 N–H and O–H groups in total. The van der Waals surface area contributed by atoms with Crippen molar-refractivity contribution in [1.82, 2.24) is 0 Å². The van der Waals surface area contributed by atoms with E-state index in [-0.39, 0.29) is 25.4 Å². The largest absolute Gasteiger partial charge is 0.394 e. The Morgan fingerprint density at radius 1 is 0.842 bits per heavy atom. The van der Waals surface area contributed by atoms with Crippen LogP contribution in [0, 0.1) is 0 Å². The second-order valence-corrected chi connectivity index (χ2v) is 4.02. The Labute approximate surface area is 115 Å². The molecule has 112 valence electrons. The van der Waals surface area contributed by atoms with Crippen molar-refractivity contribution in [3.8, 4) is 0 Å². The van der Waals surface area contributed by atoms with E-state index in [1.54, 1.807) is 12.2 Å². The predicted octanol–water partition coefficient (Wildman–Crippen LogP) is 0.910. The highest BCUT2D eigenvalue weighted by molar-refractivity contribution is 4.75. The van der Waals surface area contributed by atoms with Crippen molar-refractivity contribution in [3.63, 3.8) is 0 Å². The molecule has 0 aliphatic carbocycles. The van der Waals surface area contributed by atoms with Crippen molar-refractivity contribution in [2.45, 2.75) is 25.0 Å². The molecule has 0 spiro atoms. The smallest absolute Gasteiger partial charge is 0.0843 e. The minimum atomic E-state index is -0.105. The fourth-order valence-corrected chi connectivity index (χ4v) is 1.51. The molecule has 0 amide bonds. The number of hydrogen-bond donors (Lipinski definition) is 2. The maximum atomic E-state index is 8.72. The molecule has 0 bridgehead atoms. The third kappa shape index (κ3) is 10.9. The minimum absolute atomic E-state index is 0.00760. The molecular formula is C14H26O5. The summed E-state index contributed by atoms with van der Waals surface area (Å²) in [5, 5.41) is 17.4. The van der Waals surface area contributed by atoms with E-state index >= 15 is 0 Å². The first kappa shape index (κ1) is 18.3. The van der Waals surface area contributed by atoms with Gasteiger partial charge in [0.25, 0.3) is 0 Å². The van der Waals surface area contributed by atoms with Gasteiger partial charge in [0, 0.05) is 0 Å². The second kappa shape index (κ2) is 13.7. The number of aliphatic hydroxyl groups is 2. The highest BCUT2D eigenvalue weighted by Crippen LogP contribution is 2.04. The molecule has 0 radical (unpaired) electrons. The number of rotatable bonds is 14. The Kier molecular flexibility index (Phi) is 13.2. The van der Waals surface area contributed by atoms with Crippen LogP contribution in [0.1, 0.15) is 12.8 Å². The summed E-state index contributed by atoms with van der Waals surface area (Å²) < 4.78 is 16.4. The van der Waals surface area contributed by atoms with Gasteiger partial charge in [-0.25, -0.2) is 0 Å². The van der Waals surface area contributed by atoms with Crippen molar-refractivity contribution in [1.29, 1.82) is 0 Å². The molecular weight excluding hydrogens is 248 g/mol. The van der Waals surface area contributed by atoms with Crippen LogP contribution in [0.2, 0.25) is 0 Å². The topological polar surface area (TPSA) is 68.2 Å². The molecule has 0 saturated heterocycles. The van der Waals surface area contributed by atoms with E-state index in [1.807, 2.05) is 0 Å². The molecule has 0 aliphatic rings. The van der Waals surface area contributed by atoms with E-state index in [1.165, 1.54) is 0 Å². The molecule has 2 atom stereocenters. The van der Waals surface area contributed by atoms with Crippen molar-refractivity contribution in [2.24, 2.45) is 0 Å². The quantitative estimate of drug-likeness (QED) is 0.461. The lowest BCUT2D eigenvalue weighted by atomic mass is 10.2. The van der Waals surface area contributed by atoms with Crippen molar-refractivity contribution >= 4 is 0 Å². The van der Waals surface area contributed by atoms with Gasteiger partial charge < -0.3 is 24.4 Å². The zero-order valence-corrected chi connectivity index (χ0v) is 11.5. The van der Waals surface area contributed by atoms with E-state index in [9.17, 15) is 0 Å². The van der Waals surface area contributed by atoms with Crippen LogP contribution in [-0.4, -0.2) is 62.1 Å². The fourth-order valence-electron chi connectivity index (χ4n) is 1.51. The van der Waals surface area contributed by atoms with Gasteiger partial charge in [-0.2, -0.15) is 0 Å². The van der Waals surface area contributed by atoms with Gasteiger partial charge in [0.2, 0.25) is 0 Å². The maximum Gasteiger partial charge on any atom is 0.0843 e. The van der Waals surface area contributed by atoms with Crippen molar-refractivity contribution in [2.75, 3.05) is 39.6 Å². The van der Waals surface area contributed by atoms with Crippen LogP contribution in [-0.2, 0) is 14.2 Å². The van der Waals surface area contributed by atoms with Gasteiger partial charge in [-0.1, -0.05) is 12.2 Å². The highest BCUT2D eigenvalue weighted by Gasteiger charge is 2.11. The first-order chi connectivity index (χ1) is 9.28. The molecule has 0 aromatic carbocycles. The van der Waals surface area contributed by atoms with Crippen LogP contribution in [0.3, 0.4) is 0 Å². The van der Waals surface area contributed by atoms with Crippen LogP contribution < -0.4 is 0 Å². The lowest BCUT2D eigenvalue weighted by Crippen LogP contribution is -2.26. The normalized spacial score (nSPS) is 14.0. The van der Waals surface area contributed by atoms with Crippen LogP contribution in [0.5, 0.6) is 0 Å². The van der Waals surface area contributed by atoms with Crippen LogP contribution >= 0.6 is 0 Å². The first-order valence-electron chi connectivity index (χ1n) is 6.52. The van der Waals surface area contributed by atoms with Crippen LogP contribution in [0.4, 0.5) is 0 Å². The summed E-state index contributed by atoms with van der Waals surface area (Å²) in [6, 6.07) is 0. The zero-order valence-electron chi connectivity index (χ0n) is 11.5. The minimum Gasteiger partial charge on any atom is -0.394 e. The van der Waals surface area contributed by atoms with Gasteiger partial charge in [-0.15, -0.1) is 13.2 Å². The molecule has 5 heteroatoms. The van der Waals surface area contributed by atoms with E-state index < -0.39 is 0 Å². The summed E-state index contributed by atoms with van der Waals surface area (Å²) in [7, 11) is 0. The monoisotopic (exact) mass is 274 g/mol. The standard InChI is InChI=1S/C14H26O5/c1-3-5-13(18-9-7-15)11-17-12-14(6-4-2)19-10-8-16/h3-4,13-16H,1-2,5-12H2. The summed E-state index contributed by atoms with van der Waals surface area (Å²) in [5.41, 5.74) is 0. The van der Waals surface area contributed by atoms with Gasteiger partial charge in [0.15, 0.2) is 0 Å². The molecule has 2 unspecified atom stereocenters. The average molecular weight is 274 g/mol. The van der Waals surface area contributed by atoms with Crippen molar-refractivity contribution in [3.05, 3.63) is 25.3 Å². The molecule has 0 aromatic rings. The first-order valence-corrected chi connectivity index (χ1v) is 6.52. The molecule has 0 aliphatic heterocycles. The summed E-state index contributed by atoms with van der Waals surface area (Å²) in [4.78, 5) is 0. The van der Waals surface area contributed by atoms with Gasteiger partial charge >= 0.3 is 0 Å². The Hall–Kier alpha value is -0.720. The molecule has 0 saturated carbocycles. The number of hydrogen-bond acceptors (Lipinski definition) is 5. The van der Waals surface area contributed by atoms with Crippen LogP contribution in [0.15, 0.2) is 25.3 Å².